The number of nitrogens with zero attached hydrogens (tertiary/aromatic N) is 2. The Morgan fingerprint density at radius 2 is 0.930 bits per heavy atom. The van der Waals surface area contributed by atoms with Crippen LogP contribution in [-0.4, -0.2) is 9.97 Å². The Kier molecular flexibility index (Phi) is 7.55. The zero-order valence-electron chi connectivity index (χ0n) is 31.9. The van der Waals surface area contributed by atoms with Gasteiger partial charge in [-0.05, 0) is 101 Å². The van der Waals surface area contributed by atoms with Gasteiger partial charge < -0.3 is 0 Å². The van der Waals surface area contributed by atoms with E-state index in [4.69, 9.17) is 9.97 Å². The van der Waals surface area contributed by atoms with E-state index in [2.05, 4.69) is 208 Å². The van der Waals surface area contributed by atoms with Gasteiger partial charge in [-0.1, -0.05) is 184 Å². The minimum atomic E-state index is -0.0708. The molecule has 0 bridgehead atoms. The minimum Gasteiger partial charge on any atom is -0.228 e. The van der Waals surface area contributed by atoms with Crippen LogP contribution in [0.2, 0.25) is 0 Å². The second-order valence-electron chi connectivity index (χ2n) is 15.8. The Hall–Kier alpha value is -7.16. The zero-order chi connectivity index (χ0) is 38.1. The maximum Gasteiger partial charge on any atom is 0.161 e. The van der Waals surface area contributed by atoms with Crippen molar-refractivity contribution >= 4 is 32.3 Å². The van der Waals surface area contributed by atoms with Gasteiger partial charge in [0.1, 0.15) is 0 Å². The smallest absolute Gasteiger partial charge is 0.161 e. The third-order valence-electron chi connectivity index (χ3n) is 12.1. The van der Waals surface area contributed by atoms with E-state index < -0.39 is 0 Å². The van der Waals surface area contributed by atoms with Gasteiger partial charge in [0, 0.05) is 22.1 Å². The Morgan fingerprint density at radius 1 is 0.333 bits per heavy atom. The number of benzene rings is 9. The first-order chi connectivity index (χ1) is 28.0. The monoisotopic (exact) mass is 726 g/mol. The van der Waals surface area contributed by atoms with E-state index >= 15 is 0 Å². The fraction of sp³-hybridized carbons (Fsp3) is 0.0545. The van der Waals surface area contributed by atoms with Crippen molar-refractivity contribution in [3.63, 3.8) is 0 Å². The van der Waals surface area contributed by atoms with E-state index in [9.17, 15) is 0 Å². The third-order valence-corrected chi connectivity index (χ3v) is 12.1. The van der Waals surface area contributed by atoms with E-state index in [1.807, 2.05) is 0 Å². The van der Waals surface area contributed by atoms with E-state index in [1.54, 1.807) is 0 Å². The van der Waals surface area contributed by atoms with Crippen LogP contribution in [0.3, 0.4) is 0 Å². The largest absolute Gasteiger partial charge is 0.228 e. The van der Waals surface area contributed by atoms with Crippen molar-refractivity contribution in [2.75, 3.05) is 0 Å². The molecule has 0 saturated carbocycles. The van der Waals surface area contributed by atoms with Crippen LogP contribution in [0.1, 0.15) is 25.0 Å². The fourth-order valence-corrected chi connectivity index (χ4v) is 9.12. The van der Waals surface area contributed by atoms with E-state index in [0.717, 1.165) is 44.4 Å². The summed E-state index contributed by atoms with van der Waals surface area (Å²) in [4.78, 5) is 10.9. The maximum absolute atomic E-state index is 5.48. The molecule has 1 aliphatic rings. The first kappa shape index (κ1) is 33.2. The van der Waals surface area contributed by atoms with Gasteiger partial charge in [-0.15, -0.1) is 0 Å². The quantitative estimate of drug-likeness (QED) is 0.130. The van der Waals surface area contributed by atoms with Crippen molar-refractivity contribution in [1.29, 1.82) is 0 Å². The molecule has 57 heavy (non-hydrogen) atoms. The van der Waals surface area contributed by atoms with Gasteiger partial charge in [-0.25, -0.2) is 9.97 Å². The summed E-state index contributed by atoms with van der Waals surface area (Å²) in [7, 11) is 0. The summed E-state index contributed by atoms with van der Waals surface area (Å²) >= 11 is 0. The van der Waals surface area contributed by atoms with Gasteiger partial charge in [0.05, 0.1) is 11.4 Å². The molecule has 9 aromatic carbocycles. The van der Waals surface area contributed by atoms with Crippen LogP contribution in [0.4, 0.5) is 0 Å². The predicted octanol–water partition coefficient (Wildman–Crippen LogP) is 14.6. The molecule has 0 spiro atoms. The molecular weight excluding hydrogens is 689 g/mol. The summed E-state index contributed by atoms with van der Waals surface area (Å²) in [5, 5.41) is 7.10. The second kappa shape index (κ2) is 13.0. The summed E-state index contributed by atoms with van der Waals surface area (Å²) in [6.07, 6.45) is 0. The topological polar surface area (TPSA) is 25.8 Å². The molecule has 0 amide bonds. The van der Waals surface area contributed by atoms with Gasteiger partial charge in [0.25, 0.3) is 0 Å². The standard InChI is InChI=1S/C55H38N2/c1-55(2)49-22-11-10-21-45(49)46-29-28-40(33-50(46)55)39-17-12-18-42(31-39)52-34-51(38-25-23-36(24-26-38)35-13-4-3-5-14-35)56-54(57-52)53-44-20-9-7-16-41(44)32-48-43-19-8-6-15-37(43)27-30-47(48)53/h3-34H,1-2H3. The van der Waals surface area contributed by atoms with Crippen molar-refractivity contribution in [1.82, 2.24) is 9.97 Å². The highest BCUT2D eigenvalue weighted by Gasteiger charge is 2.35. The molecule has 1 aliphatic carbocycles. The van der Waals surface area contributed by atoms with Crippen LogP contribution in [0.25, 0.3) is 99.6 Å². The molecule has 0 N–H and O–H groups in total. The van der Waals surface area contributed by atoms with Gasteiger partial charge in [0.2, 0.25) is 0 Å². The van der Waals surface area contributed by atoms with Crippen molar-refractivity contribution in [2.24, 2.45) is 0 Å². The SMILES string of the molecule is CC1(C)c2ccccc2-c2ccc(-c3cccc(-c4cc(-c5ccc(-c6ccccc6)cc5)nc(-c5c6ccccc6cc6c5ccc5ccccc56)n4)c3)cc21. The summed E-state index contributed by atoms with van der Waals surface area (Å²) < 4.78 is 0. The van der Waals surface area contributed by atoms with Crippen molar-refractivity contribution in [3.8, 4) is 67.3 Å². The highest BCUT2D eigenvalue weighted by atomic mass is 14.9. The minimum absolute atomic E-state index is 0.0708. The van der Waals surface area contributed by atoms with Crippen molar-refractivity contribution in [3.05, 3.63) is 205 Å². The Bertz CT molecular complexity index is 3190. The van der Waals surface area contributed by atoms with Crippen LogP contribution < -0.4 is 0 Å². The Morgan fingerprint density at radius 3 is 1.77 bits per heavy atom. The Labute approximate surface area is 332 Å². The van der Waals surface area contributed by atoms with E-state index in [1.165, 1.54) is 60.5 Å². The number of aromatic nitrogens is 2. The van der Waals surface area contributed by atoms with Crippen LogP contribution in [-0.2, 0) is 5.41 Å². The average Bonchev–Trinajstić information content (AvgIpc) is 3.51. The van der Waals surface area contributed by atoms with Crippen LogP contribution >= 0.6 is 0 Å². The normalized spacial score (nSPS) is 12.9. The maximum atomic E-state index is 5.48. The molecule has 0 atom stereocenters. The van der Waals surface area contributed by atoms with Crippen molar-refractivity contribution in [2.45, 2.75) is 19.3 Å². The van der Waals surface area contributed by atoms with E-state index in [-0.39, 0.29) is 5.41 Å². The summed E-state index contributed by atoms with van der Waals surface area (Å²) in [5.74, 6) is 0.717. The van der Waals surface area contributed by atoms with E-state index in [0.29, 0.717) is 5.82 Å². The highest BCUT2D eigenvalue weighted by molar-refractivity contribution is 6.19. The number of rotatable bonds is 5. The van der Waals surface area contributed by atoms with Gasteiger partial charge in [0.15, 0.2) is 5.82 Å². The van der Waals surface area contributed by atoms with Crippen LogP contribution in [0.5, 0.6) is 0 Å². The molecular formula is C55H38N2. The number of hydrogen-bond acceptors (Lipinski definition) is 2. The predicted molar refractivity (Wildman–Crippen MR) is 239 cm³/mol. The molecule has 1 heterocycles. The molecule has 0 unspecified atom stereocenters. The lowest BCUT2D eigenvalue weighted by Gasteiger charge is -2.22. The fourth-order valence-electron chi connectivity index (χ4n) is 9.12. The van der Waals surface area contributed by atoms with Gasteiger partial charge in [-0.3, -0.25) is 0 Å². The Balaban J connectivity index is 1.11. The number of fused-ring (bicyclic) bond motifs is 7. The average molecular weight is 727 g/mol. The molecule has 11 rings (SSSR count). The molecule has 0 radical (unpaired) electrons. The van der Waals surface area contributed by atoms with Gasteiger partial charge in [-0.2, -0.15) is 0 Å². The molecule has 0 aliphatic heterocycles. The summed E-state index contributed by atoms with van der Waals surface area (Å²) in [6.45, 7) is 4.68. The van der Waals surface area contributed by atoms with Crippen LogP contribution in [0.15, 0.2) is 194 Å². The van der Waals surface area contributed by atoms with Gasteiger partial charge >= 0.3 is 0 Å². The first-order valence-electron chi connectivity index (χ1n) is 19.7. The lowest BCUT2D eigenvalue weighted by molar-refractivity contribution is 0.660. The molecule has 2 nitrogen and oxygen atoms in total. The summed E-state index contributed by atoms with van der Waals surface area (Å²) in [5.41, 5.74) is 15.0. The molecule has 0 fully saturated rings. The molecule has 2 heteroatoms. The van der Waals surface area contributed by atoms with Crippen molar-refractivity contribution < 1.29 is 0 Å². The van der Waals surface area contributed by atoms with Crippen LogP contribution in [0, 0.1) is 0 Å². The summed E-state index contributed by atoms with van der Waals surface area (Å²) in [6, 6.07) is 70.2. The molecule has 0 saturated heterocycles. The highest BCUT2D eigenvalue weighted by Crippen LogP contribution is 2.49. The zero-order valence-corrected chi connectivity index (χ0v) is 31.9. The third kappa shape index (κ3) is 5.48. The lowest BCUT2D eigenvalue weighted by Crippen LogP contribution is -2.14. The molecule has 10 aromatic rings. The second-order valence-corrected chi connectivity index (χ2v) is 15.8. The molecule has 1 aromatic heterocycles. The molecule has 268 valence electrons. The lowest BCUT2D eigenvalue weighted by atomic mass is 9.81. The number of hydrogen-bond donors (Lipinski definition) is 0. The first-order valence-corrected chi connectivity index (χ1v) is 19.7.